The molecule has 0 heterocycles. The van der Waals surface area contributed by atoms with Crippen molar-refractivity contribution in [2.45, 2.75) is 65.5 Å². The Morgan fingerprint density at radius 3 is 2.59 bits per heavy atom. The molecule has 2 atom stereocenters. The van der Waals surface area contributed by atoms with Gasteiger partial charge >= 0.3 is 11.9 Å². The van der Waals surface area contributed by atoms with Gasteiger partial charge in [0.05, 0.1) is 5.57 Å². The van der Waals surface area contributed by atoms with E-state index >= 15 is 0 Å². The average Bonchev–Trinajstić information content (AvgIpc) is 2.62. The van der Waals surface area contributed by atoms with E-state index in [4.69, 9.17) is 9.47 Å². The summed E-state index contributed by atoms with van der Waals surface area (Å²) in [6.45, 7) is 8.50. The number of allylic oxidation sites excluding steroid dienone is 2. The van der Waals surface area contributed by atoms with Gasteiger partial charge in [-0.1, -0.05) is 39.0 Å². The smallest absolute Gasteiger partial charge is 0.337 e. The molecule has 0 aromatic heterocycles. The molecular formula is C21H35NO4S. The van der Waals surface area contributed by atoms with E-state index in [1.165, 1.54) is 0 Å². The molecule has 154 valence electrons. The lowest BCUT2D eigenvalue weighted by Gasteiger charge is -2.20. The Morgan fingerprint density at radius 1 is 1.26 bits per heavy atom. The van der Waals surface area contributed by atoms with Crippen LogP contribution in [0.2, 0.25) is 0 Å². The van der Waals surface area contributed by atoms with Crippen molar-refractivity contribution >= 4 is 23.7 Å². The first-order valence-electron chi connectivity index (χ1n) is 9.72. The van der Waals surface area contributed by atoms with E-state index in [9.17, 15) is 9.59 Å². The molecule has 0 bridgehead atoms. The lowest BCUT2D eigenvalue weighted by Crippen LogP contribution is -2.38. The summed E-state index contributed by atoms with van der Waals surface area (Å²) < 4.78 is 10.7. The number of rotatable bonds is 11. The van der Waals surface area contributed by atoms with Gasteiger partial charge in [0, 0.05) is 0 Å². The molecule has 1 aliphatic carbocycles. The van der Waals surface area contributed by atoms with Gasteiger partial charge in [-0.05, 0) is 56.6 Å². The molecule has 0 aromatic carbocycles. The molecule has 0 saturated carbocycles. The molecule has 0 saturated heterocycles. The monoisotopic (exact) mass is 397 g/mol. The first-order valence-corrected chi connectivity index (χ1v) is 10.9. The minimum absolute atomic E-state index is 0.0620. The van der Waals surface area contributed by atoms with Crippen molar-refractivity contribution in [3.8, 4) is 0 Å². The van der Waals surface area contributed by atoms with Crippen molar-refractivity contribution in [1.82, 2.24) is 5.32 Å². The van der Waals surface area contributed by atoms with Crippen molar-refractivity contribution in [2.75, 3.05) is 25.2 Å². The quantitative estimate of drug-likeness (QED) is 0.422. The summed E-state index contributed by atoms with van der Waals surface area (Å²) in [5.74, 6) is 1.33. The van der Waals surface area contributed by atoms with Gasteiger partial charge in [-0.3, -0.25) is 4.79 Å². The Bertz CT molecular complexity index is 537. The Kier molecular flexibility index (Phi) is 10.8. The van der Waals surface area contributed by atoms with Gasteiger partial charge in [0.25, 0.3) is 0 Å². The van der Waals surface area contributed by atoms with Crippen LogP contribution < -0.4 is 5.32 Å². The highest BCUT2D eigenvalue weighted by Crippen LogP contribution is 2.21. The zero-order valence-corrected chi connectivity index (χ0v) is 18.2. The van der Waals surface area contributed by atoms with Crippen molar-refractivity contribution < 1.29 is 19.1 Å². The first kappa shape index (κ1) is 23.8. The number of nitrogens with one attached hydrogen (secondary N) is 1. The highest BCUT2D eigenvalue weighted by Gasteiger charge is 2.21. The number of hydrogen-bond donors (Lipinski definition) is 1. The predicted molar refractivity (Wildman–Crippen MR) is 112 cm³/mol. The summed E-state index contributed by atoms with van der Waals surface area (Å²) in [7, 11) is 1.76. The van der Waals surface area contributed by atoms with Gasteiger partial charge in [-0.2, -0.15) is 11.8 Å². The van der Waals surface area contributed by atoms with Crippen molar-refractivity contribution in [3.05, 3.63) is 23.8 Å². The number of hydrogen-bond acceptors (Lipinski definition) is 6. The van der Waals surface area contributed by atoms with E-state index in [-0.39, 0.29) is 24.6 Å². The fraction of sp³-hybridized carbons (Fsp3) is 0.714. The molecule has 1 rings (SSSR count). The summed E-state index contributed by atoms with van der Waals surface area (Å²) in [5.41, 5.74) is 0.908. The minimum Gasteiger partial charge on any atom is -0.458 e. The van der Waals surface area contributed by atoms with Crippen LogP contribution >= 0.6 is 11.8 Å². The van der Waals surface area contributed by atoms with E-state index < -0.39 is 6.10 Å². The Morgan fingerprint density at radius 2 is 2.00 bits per heavy atom. The maximum Gasteiger partial charge on any atom is 0.337 e. The molecule has 0 aliphatic heterocycles. The van der Waals surface area contributed by atoms with Gasteiger partial charge in [-0.25, -0.2) is 4.79 Å². The van der Waals surface area contributed by atoms with Crippen LogP contribution in [0.4, 0.5) is 0 Å². The zero-order valence-electron chi connectivity index (χ0n) is 17.4. The van der Waals surface area contributed by atoms with Crippen LogP contribution in [0.3, 0.4) is 0 Å². The number of carbonyl (C=O) groups excluding carboxylic acids is 2. The molecule has 2 unspecified atom stereocenters. The molecule has 0 fully saturated rings. The standard InChI is InChI=1S/C21H35NO4S/c1-16(15-25-19(23)17-9-7-6-8-10-17)26-20(24)18(22-5)11-13-27-14-12-21(2,3)4/h7,9-10,16,18,22H,6,8,11-15H2,1-5H3. The van der Waals surface area contributed by atoms with Crippen LogP contribution in [-0.4, -0.2) is 49.2 Å². The fourth-order valence-electron chi connectivity index (χ4n) is 2.42. The maximum absolute atomic E-state index is 12.3. The average molecular weight is 398 g/mol. The first-order chi connectivity index (χ1) is 12.7. The molecular weight excluding hydrogens is 362 g/mol. The normalized spacial score (nSPS) is 16.4. The van der Waals surface area contributed by atoms with Crippen molar-refractivity contribution in [1.29, 1.82) is 0 Å². The van der Waals surface area contributed by atoms with Crippen LogP contribution in [0, 0.1) is 5.41 Å². The van der Waals surface area contributed by atoms with E-state index in [0.29, 0.717) is 17.4 Å². The number of ether oxygens (including phenoxy) is 2. The Hall–Kier alpha value is -1.27. The second kappa shape index (κ2) is 12.2. The maximum atomic E-state index is 12.3. The van der Waals surface area contributed by atoms with Crippen molar-refractivity contribution in [3.63, 3.8) is 0 Å². The summed E-state index contributed by atoms with van der Waals surface area (Å²) in [5, 5.41) is 3.02. The highest BCUT2D eigenvalue weighted by molar-refractivity contribution is 7.99. The molecule has 27 heavy (non-hydrogen) atoms. The number of carbonyl (C=O) groups is 2. The van der Waals surface area contributed by atoms with Gasteiger partial charge in [0.15, 0.2) is 0 Å². The number of thioether (sulfide) groups is 1. The van der Waals surface area contributed by atoms with Gasteiger partial charge in [0.2, 0.25) is 0 Å². The third-order valence-electron chi connectivity index (χ3n) is 4.18. The summed E-state index contributed by atoms with van der Waals surface area (Å²) >= 11 is 1.86. The van der Waals surface area contributed by atoms with Crippen LogP contribution in [0.25, 0.3) is 0 Å². The summed E-state index contributed by atoms with van der Waals surface area (Å²) in [4.78, 5) is 24.3. The van der Waals surface area contributed by atoms with Crippen LogP contribution in [-0.2, 0) is 19.1 Å². The fourth-order valence-corrected chi connectivity index (χ4v) is 3.78. The van der Waals surface area contributed by atoms with E-state index in [1.807, 2.05) is 23.9 Å². The van der Waals surface area contributed by atoms with Crippen LogP contribution in [0.5, 0.6) is 0 Å². The Labute approximate surface area is 168 Å². The summed E-state index contributed by atoms with van der Waals surface area (Å²) in [6.07, 6.45) is 8.79. The molecule has 0 radical (unpaired) electrons. The topological polar surface area (TPSA) is 64.6 Å². The third kappa shape index (κ3) is 10.6. The second-order valence-electron chi connectivity index (χ2n) is 8.04. The SMILES string of the molecule is CNC(CCSCCC(C)(C)C)C(=O)OC(C)COC(=O)C1=CCCC=C1. The molecule has 0 aromatic rings. The minimum atomic E-state index is -0.473. The second-order valence-corrected chi connectivity index (χ2v) is 9.26. The molecule has 0 amide bonds. The molecule has 6 heteroatoms. The molecule has 1 aliphatic rings. The lowest BCUT2D eigenvalue weighted by molar-refractivity contribution is -0.157. The predicted octanol–water partition coefficient (Wildman–Crippen LogP) is 3.89. The third-order valence-corrected chi connectivity index (χ3v) is 5.19. The van der Waals surface area contributed by atoms with Crippen LogP contribution in [0.1, 0.15) is 53.4 Å². The molecule has 1 N–H and O–H groups in total. The van der Waals surface area contributed by atoms with Crippen molar-refractivity contribution in [2.24, 2.45) is 5.41 Å². The lowest BCUT2D eigenvalue weighted by atomic mass is 9.94. The summed E-state index contributed by atoms with van der Waals surface area (Å²) in [6, 6.07) is -0.339. The Balaban J connectivity index is 2.27. The largest absolute Gasteiger partial charge is 0.458 e. The highest BCUT2D eigenvalue weighted by atomic mass is 32.2. The van der Waals surface area contributed by atoms with E-state index in [0.717, 1.165) is 30.8 Å². The number of likely N-dealkylation sites (N-methyl/N-ethyl adjacent to an activating group) is 1. The number of esters is 2. The molecule has 0 spiro atoms. The van der Waals surface area contributed by atoms with E-state index in [2.05, 4.69) is 26.1 Å². The van der Waals surface area contributed by atoms with Gasteiger partial charge < -0.3 is 14.8 Å². The van der Waals surface area contributed by atoms with Gasteiger partial charge in [-0.15, -0.1) is 0 Å². The zero-order chi connectivity index (χ0) is 20.3. The van der Waals surface area contributed by atoms with E-state index in [1.54, 1.807) is 20.0 Å². The molecule has 5 nitrogen and oxygen atoms in total. The van der Waals surface area contributed by atoms with Crippen LogP contribution in [0.15, 0.2) is 23.8 Å². The van der Waals surface area contributed by atoms with Gasteiger partial charge in [0.1, 0.15) is 18.8 Å².